The first-order valence-corrected chi connectivity index (χ1v) is 11.6. The number of carbonyl (C=O) groups is 1. The van der Waals surface area contributed by atoms with Crippen molar-refractivity contribution >= 4 is 44.4 Å². The number of rotatable bonds is 6. The zero-order chi connectivity index (χ0) is 19.5. The van der Waals surface area contributed by atoms with Crippen LogP contribution in [0.3, 0.4) is 0 Å². The molecule has 4 rings (SSSR count). The number of aryl methyl sites for hydroxylation is 1. The maximum Gasteiger partial charge on any atom is 0.233 e. The molecule has 2 heterocycles. The minimum Gasteiger partial charge on any atom is -0.376 e. The summed E-state index contributed by atoms with van der Waals surface area (Å²) in [4.78, 5) is 21.0. The van der Waals surface area contributed by atoms with E-state index in [-0.39, 0.29) is 12.0 Å². The van der Waals surface area contributed by atoms with Crippen LogP contribution in [0.5, 0.6) is 0 Å². The molecule has 146 valence electrons. The first-order chi connectivity index (χ1) is 13.6. The number of nitrogens with zero attached hydrogens (tertiary/aromatic N) is 2. The Hall–Kier alpha value is -1.89. The molecule has 1 aromatic heterocycles. The average molecular weight is 413 g/mol. The molecule has 4 nitrogen and oxygen atoms in total. The van der Waals surface area contributed by atoms with Gasteiger partial charge in [-0.2, -0.15) is 0 Å². The topological polar surface area (TPSA) is 42.4 Å². The summed E-state index contributed by atoms with van der Waals surface area (Å²) < 4.78 is 6.92. The van der Waals surface area contributed by atoms with E-state index in [1.165, 1.54) is 10.5 Å². The van der Waals surface area contributed by atoms with Gasteiger partial charge in [0.25, 0.3) is 0 Å². The van der Waals surface area contributed by atoms with E-state index >= 15 is 0 Å². The molecule has 1 amide bonds. The molecule has 0 bridgehead atoms. The zero-order valence-electron chi connectivity index (χ0n) is 16.2. The highest BCUT2D eigenvalue weighted by atomic mass is 32.2. The number of fused-ring (bicyclic) bond motifs is 1. The van der Waals surface area contributed by atoms with Crippen LogP contribution in [0.4, 0.5) is 5.13 Å². The van der Waals surface area contributed by atoms with Gasteiger partial charge >= 0.3 is 0 Å². The second-order valence-electron chi connectivity index (χ2n) is 7.13. The Kier molecular flexibility index (Phi) is 5.99. The van der Waals surface area contributed by atoms with Crippen molar-refractivity contribution in [2.24, 2.45) is 0 Å². The van der Waals surface area contributed by atoms with E-state index in [9.17, 15) is 4.79 Å². The fourth-order valence-corrected chi connectivity index (χ4v) is 4.93. The van der Waals surface area contributed by atoms with E-state index < -0.39 is 0 Å². The monoisotopic (exact) mass is 412 g/mol. The zero-order valence-corrected chi connectivity index (χ0v) is 17.8. The van der Waals surface area contributed by atoms with Crippen molar-refractivity contribution in [3.05, 3.63) is 53.6 Å². The van der Waals surface area contributed by atoms with E-state index in [0.717, 1.165) is 40.4 Å². The van der Waals surface area contributed by atoms with Crippen LogP contribution in [-0.2, 0) is 16.0 Å². The molecule has 6 heteroatoms. The lowest BCUT2D eigenvalue weighted by atomic mass is 10.1. The molecule has 3 aromatic rings. The lowest BCUT2D eigenvalue weighted by molar-refractivity contribution is -0.118. The van der Waals surface area contributed by atoms with Crippen LogP contribution in [-0.4, -0.2) is 36.4 Å². The maximum absolute atomic E-state index is 13.2. The molecule has 0 spiro atoms. The van der Waals surface area contributed by atoms with E-state index in [1.807, 2.05) is 23.1 Å². The van der Waals surface area contributed by atoms with Gasteiger partial charge in [0.2, 0.25) is 5.91 Å². The number of anilines is 1. The SMILES string of the molecule is CSc1ccc(CC(=O)N(CC2CCCO2)c2nc3ccc(C)cc3s2)cc1. The summed E-state index contributed by atoms with van der Waals surface area (Å²) in [6.07, 6.45) is 4.57. The van der Waals surface area contributed by atoms with Crippen molar-refractivity contribution < 1.29 is 9.53 Å². The minimum absolute atomic E-state index is 0.0724. The molecule has 0 radical (unpaired) electrons. The summed E-state index contributed by atoms with van der Waals surface area (Å²) in [5.41, 5.74) is 3.17. The van der Waals surface area contributed by atoms with Crippen LogP contribution in [0, 0.1) is 6.92 Å². The third-order valence-electron chi connectivity index (χ3n) is 4.99. The molecule has 1 saturated heterocycles. The van der Waals surface area contributed by atoms with E-state index in [0.29, 0.717) is 13.0 Å². The molecule has 1 aliphatic rings. The van der Waals surface area contributed by atoms with Crippen LogP contribution in [0.25, 0.3) is 10.2 Å². The summed E-state index contributed by atoms with van der Waals surface area (Å²) in [7, 11) is 0. The van der Waals surface area contributed by atoms with Crippen LogP contribution in [0.1, 0.15) is 24.0 Å². The molecule has 0 aliphatic carbocycles. The van der Waals surface area contributed by atoms with Gasteiger partial charge in [0.15, 0.2) is 5.13 Å². The van der Waals surface area contributed by atoms with Gasteiger partial charge in [-0.05, 0) is 61.4 Å². The Morgan fingerprint density at radius 3 is 2.82 bits per heavy atom. The largest absolute Gasteiger partial charge is 0.376 e. The summed E-state index contributed by atoms with van der Waals surface area (Å²) in [6.45, 7) is 3.43. The van der Waals surface area contributed by atoms with Gasteiger partial charge in [0.05, 0.1) is 29.3 Å². The summed E-state index contributed by atoms with van der Waals surface area (Å²) in [5.74, 6) is 0.0724. The first kappa shape index (κ1) is 19.4. The minimum atomic E-state index is 0.0724. The number of carbonyl (C=O) groups excluding carboxylic acids is 1. The van der Waals surface area contributed by atoms with Crippen molar-refractivity contribution in [3.8, 4) is 0 Å². The first-order valence-electron chi connectivity index (χ1n) is 9.54. The normalized spacial score (nSPS) is 16.6. The standard InChI is InChI=1S/C22H24N2O2S2/c1-15-5-10-19-20(12-15)28-22(23-19)24(14-17-4-3-11-26-17)21(25)13-16-6-8-18(27-2)9-7-16/h5-10,12,17H,3-4,11,13-14H2,1-2H3. The Morgan fingerprint density at radius 1 is 1.29 bits per heavy atom. The smallest absolute Gasteiger partial charge is 0.233 e. The molecule has 28 heavy (non-hydrogen) atoms. The number of thioether (sulfide) groups is 1. The van der Waals surface area contributed by atoms with Crippen molar-refractivity contribution in [2.75, 3.05) is 24.3 Å². The maximum atomic E-state index is 13.2. The summed E-state index contributed by atoms with van der Waals surface area (Å²) in [6, 6.07) is 14.4. The van der Waals surface area contributed by atoms with Crippen LogP contribution < -0.4 is 4.90 Å². The molecule has 1 atom stereocenters. The van der Waals surface area contributed by atoms with Crippen LogP contribution >= 0.6 is 23.1 Å². The fraction of sp³-hybridized carbons (Fsp3) is 0.364. The van der Waals surface area contributed by atoms with E-state index in [2.05, 4.69) is 37.4 Å². The van der Waals surface area contributed by atoms with Gasteiger partial charge in [-0.1, -0.05) is 29.5 Å². The highest BCUT2D eigenvalue weighted by molar-refractivity contribution is 7.98. The molecule has 0 N–H and O–H groups in total. The second kappa shape index (κ2) is 8.64. The summed E-state index contributed by atoms with van der Waals surface area (Å²) in [5, 5.41) is 0.766. The van der Waals surface area contributed by atoms with E-state index in [1.54, 1.807) is 23.1 Å². The van der Waals surface area contributed by atoms with Crippen LogP contribution in [0.2, 0.25) is 0 Å². The van der Waals surface area contributed by atoms with Crippen molar-refractivity contribution in [2.45, 2.75) is 37.2 Å². The number of hydrogen-bond acceptors (Lipinski definition) is 5. The Bertz CT molecular complexity index is 962. The predicted molar refractivity (Wildman–Crippen MR) is 118 cm³/mol. The van der Waals surface area contributed by atoms with Gasteiger partial charge in [0.1, 0.15) is 0 Å². The number of benzene rings is 2. The Balaban J connectivity index is 1.60. The number of aromatic nitrogens is 1. The van der Waals surface area contributed by atoms with Crippen molar-refractivity contribution in [1.82, 2.24) is 4.98 Å². The number of ether oxygens (including phenoxy) is 1. The molecule has 1 fully saturated rings. The Labute approximate surface area is 173 Å². The van der Waals surface area contributed by atoms with Gasteiger partial charge in [-0.15, -0.1) is 11.8 Å². The van der Waals surface area contributed by atoms with Gasteiger partial charge < -0.3 is 4.74 Å². The van der Waals surface area contributed by atoms with E-state index in [4.69, 9.17) is 9.72 Å². The highest BCUT2D eigenvalue weighted by Crippen LogP contribution is 2.31. The number of amides is 1. The van der Waals surface area contributed by atoms with Crippen molar-refractivity contribution in [3.63, 3.8) is 0 Å². The Morgan fingerprint density at radius 2 is 2.11 bits per heavy atom. The molecule has 1 aliphatic heterocycles. The lowest BCUT2D eigenvalue weighted by Crippen LogP contribution is -2.38. The molecular formula is C22H24N2O2S2. The van der Waals surface area contributed by atoms with Gasteiger partial charge in [-0.3, -0.25) is 9.69 Å². The third-order valence-corrected chi connectivity index (χ3v) is 6.77. The van der Waals surface area contributed by atoms with Crippen molar-refractivity contribution in [1.29, 1.82) is 0 Å². The highest BCUT2D eigenvalue weighted by Gasteiger charge is 2.26. The quantitative estimate of drug-likeness (QED) is 0.530. The number of thiazole rings is 1. The summed E-state index contributed by atoms with van der Waals surface area (Å²) >= 11 is 3.29. The molecule has 1 unspecified atom stereocenters. The fourth-order valence-electron chi connectivity index (χ4n) is 3.43. The second-order valence-corrected chi connectivity index (χ2v) is 9.02. The molecule has 0 saturated carbocycles. The van der Waals surface area contributed by atoms with Gasteiger partial charge in [0, 0.05) is 11.5 Å². The average Bonchev–Trinajstić information content (AvgIpc) is 3.35. The predicted octanol–water partition coefficient (Wildman–Crippen LogP) is 5.08. The molecular weight excluding hydrogens is 388 g/mol. The number of hydrogen-bond donors (Lipinski definition) is 0. The van der Waals surface area contributed by atoms with Gasteiger partial charge in [-0.25, -0.2) is 4.98 Å². The molecule has 2 aromatic carbocycles. The lowest BCUT2D eigenvalue weighted by Gasteiger charge is -2.23. The third kappa shape index (κ3) is 4.40. The van der Waals surface area contributed by atoms with Crippen LogP contribution in [0.15, 0.2) is 47.4 Å².